The lowest BCUT2D eigenvalue weighted by molar-refractivity contribution is 0.0949. The zero-order valence-electron chi connectivity index (χ0n) is 17.7. The van der Waals surface area contributed by atoms with Crippen molar-refractivity contribution in [2.75, 3.05) is 6.54 Å². The summed E-state index contributed by atoms with van der Waals surface area (Å²) in [5.41, 5.74) is 1.54. The Kier molecular flexibility index (Phi) is 5.23. The number of aromatic hydroxyl groups is 1. The third-order valence-corrected chi connectivity index (χ3v) is 5.09. The second-order valence-electron chi connectivity index (χ2n) is 9.46. The van der Waals surface area contributed by atoms with Gasteiger partial charge in [-0.1, -0.05) is 41.5 Å². The van der Waals surface area contributed by atoms with Gasteiger partial charge in [0.05, 0.1) is 13.1 Å². The van der Waals surface area contributed by atoms with Crippen LogP contribution >= 0.6 is 0 Å². The number of phenolic OH excluding ortho intramolecular Hbond substituents is 1. The molecule has 1 aliphatic rings. The predicted octanol–water partition coefficient (Wildman–Crippen LogP) is 2.61. The van der Waals surface area contributed by atoms with Gasteiger partial charge in [-0.3, -0.25) is 4.79 Å². The molecule has 0 fully saturated rings. The van der Waals surface area contributed by atoms with Crippen molar-refractivity contribution >= 4 is 5.91 Å². The molecule has 1 amide bonds. The number of aromatic nitrogens is 3. The Balaban J connectivity index is 1.88. The number of rotatable bonds is 3. The van der Waals surface area contributed by atoms with E-state index in [9.17, 15) is 9.90 Å². The average Bonchev–Trinajstić information content (AvgIpc) is 3.01. The van der Waals surface area contributed by atoms with Gasteiger partial charge in [0.25, 0.3) is 5.91 Å². The number of hydrogen-bond acceptors (Lipinski definition) is 5. The fraction of sp³-hybridized carbons (Fsp3) is 0.571. The fourth-order valence-electron chi connectivity index (χ4n) is 3.45. The topological polar surface area (TPSA) is 92.1 Å². The largest absolute Gasteiger partial charge is 0.507 e. The van der Waals surface area contributed by atoms with Crippen LogP contribution in [0.2, 0.25) is 0 Å². The molecule has 3 N–H and O–H groups in total. The first-order valence-electron chi connectivity index (χ1n) is 9.76. The van der Waals surface area contributed by atoms with Crippen LogP contribution in [-0.4, -0.2) is 32.3 Å². The van der Waals surface area contributed by atoms with Crippen LogP contribution in [0.3, 0.4) is 0 Å². The van der Waals surface area contributed by atoms with Crippen molar-refractivity contribution in [3.05, 3.63) is 40.5 Å². The molecule has 0 unspecified atom stereocenters. The van der Waals surface area contributed by atoms with Crippen molar-refractivity contribution in [1.82, 2.24) is 25.4 Å². The first-order valence-corrected chi connectivity index (χ1v) is 9.76. The van der Waals surface area contributed by atoms with E-state index >= 15 is 0 Å². The minimum Gasteiger partial charge on any atom is -0.507 e. The molecule has 0 saturated carbocycles. The number of carbonyl (C=O) groups excluding carboxylic acids is 1. The monoisotopic (exact) mass is 385 g/mol. The van der Waals surface area contributed by atoms with Crippen LogP contribution < -0.4 is 10.6 Å². The first-order chi connectivity index (χ1) is 13.0. The van der Waals surface area contributed by atoms with Crippen LogP contribution in [0.4, 0.5) is 0 Å². The Labute approximate surface area is 166 Å². The van der Waals surface area contributed by atoms with E-state index in [0.29, 0.717) is 18.7 Å². The number of phenols is 1. The number of amides is 1. The van der Waals surface area contributed by atoms with Gasteiger partial charge in [0.1, 0.15) is 11.6 Å². The van der Waals surface area contributed by atoms with E-state index in [1.165, 1.54) is 0 Å². The van der Waals surface area contributed by atoms with Gasteiger partial charge in [-0.15, -0.1) is 10.2 Å². The standard InChI is InChI=1S/C21H31N5O2/c1-20(2,3)14-9-13(10-15(18(14)27)21(4,5)6)19(28)23-12-17-25-24-16-11-22-7-8-26(16)17/h9-10,22,27H,7-8,11-12H2,1-6H3,(H,23,28). The van der Waals surface area contributed by atoms with Gasteiger partial charge in [-0.05, 0) is 23.0 Å². The van der Waals surface area contributed by atoms with Crippen molar-refractivity contribution in [2.24, 2.45) is 0 Å². The molecule has 0 bridgehead atoms. The molecule has 7 nitrogen and oxygen atoms in total. The number of benzene rings is 1. The summed E-state index contributed by atoms with van der Waals surface area (Å²) >= 11 is 0. The van der Waals surface area contributed by atoms with Gasteiger partial charge in [-0.25, -0.2) is 0 Å². The lowest BCUT2D eigenvalue weighted by Crippen LogP contribution is -2.31. The Morgan fingerprint density at radius 2 is 1.75 bits per heavy atom. The summed E-state index contributed by atoms with van der Waals surface area (Å²) in [4.78, 5) is 12.9. The molecule has 28 heavy (non-hydrogen) atoms. The minimum atomic E-state index is -0.278. The summed E-state index contributed by atoms with van der Waals surface area (Å²) in [5, 5.41) is 25.4. The Morgan fingerprint density at radius 3 is 2.32 bits per heavy atom. The number of hydrogen-bond donors (Lipinski definition) is 3. The fourth-order valence-corrected chi connectivity index (χ4v) is 3.45. The highest BCUT2D eigenvalue weighted by atomic mass is 16.3. The Morgan fingerprint density at radius 1 is 1.14 bits per heavy atom. The lowest BCUT2D eigenvalue weighted by Gasteiger charge is -2.28. The smallest absolute Gasteiger partial charge is 0.251 e. The van der Waals surface area contributed by atoms with Crippen LogP contribution in [0.25, 0.3) is 0 Å². The maximum Gasteiger partial charge on any atom is 0.251 e. The van der Waals surface area contributed by atoms with Crippen molar-refractivity contribution in [3.63, 3.8) is 0 Å². The van der Waals surface area contributed by atoms with E-state index < -0.39 is 0 Å². The van der Waals surface area contributed by atoms with Crippen LogP contribution in [-0.2, 0) is 30.5 Å². The molecule has 0 aliphatic carbocycles. The van der Waals surface area contributed by atoms with Crippen LogP contribution in [0.5, 0.6) is 5.75 Å². The minimum absolute atomic E-state index is 0.178. The molecule has 0 spiro atoms. The number of carbonyl (C=O) groups is 1. The van der Waals surface area contributed by atoms with Gasteiger partial charge < -0.3 is 20.3 Å². The summed E-state index contributed by atoms with van der Waals surface area (Å²) in [6, 6.07) is 3.59. The van der Waals surface area contributed by atoms with Gasteiger partial charge >= 0.3 is 0 Å². The molecule has 0 saturated heterocycles. The molecule has 2 aromatic rings. The zero-order chi connectivity index (χ0) is 20.7. The highest BCUT2D eigenvalue weighted by Crippen LogP contribution is 2.39. The van der Waals surface area contributed by atoms with Gasteiger partial charge in [-0.2, -0.15) is 0 Å². The van der Waals surface area contributed by atoms with Crippen molar-refractivity contribution in [2.45, 2.75) is 72.0 Å². The molecule has 1 aromatic carbocycles. The molecular weight excluding hydrogens is 354 g/mol. The van der Waals surface area contributed by atoms with E-state index in [2.05, 4.69) is 25.4 Å². The number of fused-ring (bicyclic) bond motifs is 1. The summed E-state index contributed by atoms with van der Waals surface area (Å²) in [7, 11) is 0. The third-order valence-electron chi connectivity index (χ3n) is 5.09. The summed E-state index contributed by atoms with van der Waals surface area (Å²) in [5.74, 6) is 1.75. The number of nitrogens with one attached hydrogen (secondary N) is 2. The Hall–Kier alpha value is -2.41. The average molecular weight is 386 g/mol. The van der Waals surface area contributed by atoms with Crippen molar-refractivity contribution in [3.8, 4) is 5.75 Å². The second kappa shape index (κ2) is 7.20. The molecule has 0 atom stereocenters. The van der Waals surface area contributed by atoms with Gasteiger partial charge in [0.2, 0.25) is 0 Å². The molecular formula is C21H31N5O2. The van der Waals surface area contributed by atoms with Gasteiger partial charge in [0.15, 0.2) is 5.82 Å². The van der Waals surface area contributed by atoms with E-state index in [1.807, 2.05) is 41.5 Å². The Bertz CT molecular complexity index is 852. The van der Waals surface area contributed by atoms with E-state index in [1.54, 1.807) is 12.1 Å². The normalized spacial score (nSPS) is 14.6. The van der Waals surface area contributed by atoms with Crippen molar-refractivity contribution < 1.29 is 9.90 Å². The molecule has 3 rings (SSSR count). The first kappa shape index (κ1) is 20.3. The third kappa shape index (κ3) is 4.04. The van der Waals surface area contributed by atoms with Crippen LogP contribution in [0.15, 0.2) is 12.1 Å². The zero-order valence-corrected chi connectivity index (χ0v) is 17.7. The predicted molar refractivity (Wildman–Crippen MR) is 108 cm³/mol. The highest BCUT2D eigenvalue weighted by Gasteiger charge is 2.28. The van der Waals surface area contributed by atoms with E-state index in [4.69, 9.17) is 0 Å². The molecule has 0 radical (unpaired) electrons. The summed E-state index contributed by atoms with van der Waals surface area (Å²) in [6.45, 7) is 14.9. The van der Waals surface area contributed by atoms with E-state index in [-0.39, 0.29) is 22.5 Å². The number of nitrogens with zero attached hydrogens (tertiary/aromatic N) is 3. The molecule has 1 aromatic heterocycles. The molecule has 1 aliphatic heterocycles. The quantitative estimate of drug-likeness (QED) is 0.755. The van der Waals surface area contributed by atoms with Crippen molar-refractivity contribution in [1.29, 1.82) is 0 Å². The highest BCUT2D eigenvalue weighted by molar-refractivity contribution is 5.95. The maximum atomic E-state index is 12.9. The van der Waals surface area contributed by atoms with E-state index in [0.717, 1.165) is 35.9 Å². The molecule has 7 heteroatoms. The van der Waals surface area contributed by atoms with Crippen LogP contribution in [0, 0.1) is 0 Å². The second-order valence-corrected chi connectivity index (χ2v) is 9.46. The molecule has 152 valence electrons. The van der Waals surface area contributed by atoms with Crippen LogP contribution in [0.1, 0.15) is 74.7 Å². The maximum absolute atomic E-state index is 12.9. The molecule has 2 heterocycles. The SMILES string of the molecule is CC(C)(C)c1cc(C(=O)NCc2nnc3n2CCNC3)cc(C(C)(C)C)c1O. The van der Waals surface area contributed by atoms with Gasteiger partial charge in [0, 0.05) is 29.8 Å². The summed E-state index contributed by atoms with van der Waals surface area (Å²) < 4.78 is 2.05. The lowest BCUT2D eigenvalue weighted by atomic mass is 9.78. The summed E-state index contributed by atoms with van der Waals surface area (Å²) in [6.07, 6.45) is 0.